The van der Waals surface area contributed by atoms with E-state index < -0.39 is 0 Å². The lowest BCUT2D eigenvalue weighted by Crippen LogP contribution is -2.35. The lowest BCUT2D eigenvalue weighted by molar-refractivity contribution is 0.275. The summed E-state index contributed by atoms with van der Waals surface area (Å²) in [7, 11) is 0. The van der Waals surface area contributed by atoms with E-state index in [1.165, 1.54) is 31.2 Å². The first-order valence-corrected chi connectivity index (χ1v) is 6.61. The van der Waals surface area contributed by atoms with Crippen molar-refractivity contribution in [3.05, 3.63) is 41.3 Å². The molecular weight excluding hydrogens is 216 g/mol. The van der Waals surface area contributed by atoms with E-state index in [2.05, 4.69) is 32.4 Å². The van der Waals surface area contributed by atoms with Crippen molar-refractivity contribution < 1.29 is 0 Å². The fourth-order valence-electron chi connectivity index (χ4n) is 2.41. The lowest BCUT2D eigenvalue weighted by atomic mass is 9.61. The number of hydrogen-bond donors (Lipinski definition) is 0. The lowest BCUT2D eigenvalue weighted by Gasteiger charge is -2.43. The van der Waals surface area contributed by atoms with Crippen LogP contribution in [-0.2, 0) is 5.41 Å². The van der Waals surface area contributed by atoms with Gasteiger partial charge in [0.15, 0.2) is 0 Å². The molecule has 1 aliphatic rings. The molecule has 1 saturated carbocycles. The van der Waals surface area contributed by atoms with Crippen LogP contribution in [0.2, 0.25) is 5.02 Å². The molecule has 0 heterocycles. The summed E-state index contributed by atoms with van der Waals surface area (Å²) in [5, 5.41) is 0.835. The van der Waals surface area contributed by atoms with Crippen LogP contribution in [0.1, 0.15) is 45.1 Å². The summed E-state index contributed by atoms with van der Waals surface area (Å²) in [6.45, 7) is 4.56. The predicted octanol–water partition coefficient (Wildman–Crippen LogP) is 5.01. The first-order valence-electron chi connectivity index (χ1n) is 6.23. The standard InChI is InChI=1S/C15H20Cl/c1-12(2)8-11-15(9-3-10-15)13-4-6-14(16)7-5-13/h4-7,11-12H,3,8-10H2,1-2H3. The SMILES string of the molecule is CC(C)C[CH]C1(c2ccc(Cl)cc2)CCC1. The molecule has 2 rings (SSSR count). The van der Waals surface area contributed by atoms with Gasteiger partial charge < -0.3 is 0 Å². The number of halogens is 1. The highest BCUT2D eigenvalue weighted by atomic mass is 35.5. The van der Waals surface area contributed by atoms with Crippen molar-refractivity contribution in [2.75, 3.05) is 0 Å². The van der Waals surface area contributed by atoms with Crippen LogP contribution in [0.15, 0.2) is 24.3 Å². The molecule has 1 fully saturated rings. The maximum absolute atomic E-state index is 5.94. The Kier molecular flexibility index (Phi) is 3.59. The Labute approximate surface area is 104 Å². The van der Waals surface area contributed by atoms with Crippen molar-refractivity contribution >= 4 is 11.6 Å². The van der Waals surface area contributed by atoms with Crippen LogP contribution in [0, 0.1) is 12.3 Å². The highest BCUT2D eigenvalue weighted by Gasteiger charge is 2.38. The molecule has 1 aromatic carbocycles. The van der Waals surface area contributed by atoms with E-state index in [-0.39, 0.29) is 0 Å². The molecule has 0 amide bonds. The molecule has 0 aromatic heterocycles. The van der Waals surface area contributed by atoms with Gasteiger partial charge >= 0.3 is 0 Å². The molecule has 0 N–H and O–H groups in total. The van der Waals surface area contributed by atoms with E-state index in [0.717, 1.165) is 10.9 Å². The average molecular weight is 236 g/mol. The summed E-state index contributed by atoms with van der Waals surface area (Å²) in [4.78, 5) is 0. The van der Waals surface area contributed by atoms with E-state index in [9.17, 15) is 0 Å². The molecule has 16 heavy (non-hydrogen) atoms. The highest BCUT2D eigenvalue weighted by Crippen LogP contribution is 2.47. The summed E-state index contributed by atoms with van der Waals surface area (Å²) in [6.07, 6.45) is 7.72. The smallest absolute Gasteiger partial charge is 0.0406 e. The minimum Gasteiger partial charge on any atom is -0.0843 e. The third-order valence-electron chi connectivity index (χ3n) is 3.64. The molecule has 0 aliphatic heterocycles. The first kappa shape index (κ1) is 12.0. The maximum atomic E-state index is 5.94. The predicted molar refractivity (Wildman–Crippen MR) is 70.7 cm³/mol. The molecule has 0 saturated heterocycles. The fraction of sp³-hybridized carbons (Fsp3) is 0.533. The summed E-state index contributed by atoms with van der Waals surface area (Å²) < 4.78 is 0. The Hall–Kier alpha value is -0.490. The van der Waals surface area contributed by atoms with Gasteiger partial charge in [-0.3, -0.25) is 0 Å². The van der Waals surface area contributed by atoms with Crippen molar-refractivity contribution in [2.45, 2.75) is 44.9 Å². The second-order valence-electron chi connectivity index (χ2n) is 5.35. The van der Waals surface area contributed by atoms with Gasteiger partial charge in [0.25, 0.3) is 0 Å². The minimum absolute atomic E-state index is 0.356. The van der Waals surface area contributed by atoms with Gasteiger partial charge in [0.2, 0.25) is 0 Å². The van der Waals surface area contributed by atoms with Crippen LogP contribution in [0.4, 0.5) is 0 Å². The molecule has 0 nitrogen and oxygen atoms in total. The maximum Gasteiger partial charge on any atom is 0.0406 e. The Balaban J connectivity index is 2.11. The molecule has 1 aromatic rings. The normalized spacial score (nSPS) is 18.5. The third-order valence-corrected chi connectivity index (χ3v) is 3.90. The van der Waals surface area contributed by atoms with E-state index in [1.54, 1.807) is 0 Å². The summed E-state index contributed by atoms with van der Waals surface area (Å²) >= 11 is 5.94. The Bertz CT molecular complexity index is 333. The Morgan fingerprint density at radius 1 is 1.25 bits per heavy atom. The topological polar surface area (TPSA) is 0 Å². The van der Waals surface area contributed by atoms with Crippen molar-refractivity contribution in [3.8, 4) is 0 Å². The second kappa shape index (κ2) is 4.79. The summed E-state index contributed by atoms with van der Waals surface area (Å²) in [5.74, 6) is 0.754. The second-order valence-corrected chi connectivity index (χ2v) is 5.79. The molecule has 1 heteroatoms. The van der Waals surface area contributed by atoms with Crippen molar-refractivity contribution in [1.29, 1.82) is 0 Å². The van der Waals surface area contributed by atoms with Gasteiger partial charge in [-0.15, -0.1) is 0 Å². The molecule has 0 unspecified atom stereocenters. The van der Waals surface area contributed by atoms with Gasteiger partial charge in [-0.25, -0.2) is 0 Å². The highest BCUT2D eigenvalue weighted by molar-refractivity contribution is 6.30. The molecule has 1 radical (unpaired) electrons. The molecule has 0 spiro atoms. The van der Waals surface area contributed by atoms with Crippen LogP contribution in [0.5, 0.6) is 0 Å². The number of benzene rings is 1. The monoisotopic (exact) mass is 235 g/mol. The van der Waals surface area contributed by atoms with Gasteiger partial charge in [0, 0.05) is 5.02 Å². The van der Waals surface area contributed by atoms with E-state index >= 15 is 0 Å². The molecule has 0 bridgehead atoms. The molecule has 0 atom stereocenters. The zero-order chi connectivity index (χ0) is 11.6. The van der Waals surface area contributed by atoms with Crippen molar-refractivity contribution in [1.82, 2.24) is 0 Å². The van der Waals surface area contributed by atoms with Crippen LogP contribution >= 0.6 is 11.6 Å². The van der Waals surface area contributed by atoms with Crippen LogP contribution in [0.25, 0.3) is 0 Å². The minimum atomic E-state index is 0.356. The van der Waals surface area contributed by atoms with Crippen molar-refractivity contribution in [2.24, 2.45) is 5.92 Å². The first-order chi connectivity index (χ1) is 7.62. The van der Waals surface area contributed by atoms with Gasteiger partial charge in [0.05, 0.1) is 0 Å². The number of hydrogen-bond acceptors (Lipinski definition) is 0. The molecule has 87 valence electrons. The summed E-state index contributed by atoms with van der Waals surface area (Å²) in [5.41, 5.74) is 1.80. The summed E-state index contributed by atoms with van der Waals surface area (Å²) in [6, 6.07) is 8.41. The third kappa shape index (κ3) is 2.43. The number of rotatable bonds is 4. The largest absolute Gasteiger partial charge is 0.0843 e. The van der Waals surface area contributed by atoms with E-state index in [1.807, 2.05) is 12.1 Å². The van der Waals surface area contributed by atoms with Gasteiger partial charge in [-0.2, -0.15) is 0 Å². The van der Waals surface area contributed by atoms with Crippen LogP contribution in [0.3, 0.4) is 0 Å². The fourth-order valence-corrected chi connectivity index (χ4v) is 2.54. The zero-order valence-electron chi connectivity index (χ0n) is 10.2. The zero-order valence-corrected chi connectivity index (χ0v) is 10.9. The Morgan fingerprint density at radius 3 is 2.31 bits per heavy atom. The van der Waals surface area contributed by atoms with Gasteiger partial charge in [-0.1, -0.05) is 44.0 Å². The quantitative estimate of drug-likeness (QED) is 0.688. The molecular formula is C15H20Cl. The van der Waals surface area contributed by atoms with Crippen LogP contribution in [-0.4, -0.2) is 0 Å². The van der Waals surface area contributed by atoms with Gasteiger partial charge in [-0.05, 0) is 54.7 Å². The molecule has 1 aliphatic carbocycles. The van der Waals surface area contributed by atoms with E-state index in [4.69, 9.17) is 11.6 Å². The van der Waals surface area contributed by atoms with E-state index in [0.29, 0.717) is 5.41 Å². The van der Waals surface area contributed by atoms with Crippen LogP contribution < -0.4 is 0 Å². The van der Waals surface area contributed by atoms with Crippen molar-refractivity contribution in [3.63, 3.8) is 0 Å². The average Bonchev–Trinajstić information content (AvgIpc) is 2.18. The Morgan fingerprint density at radius 2 is 1.88 bits per heavy atom. The van der Waals surface area contributed by atoms with Gasteiger partial charge in [0.1, 0.15) is 0 Å².